The van der Waals surface area contributed by atoms with Gasteiger partial charge in [-0.05, 0) is 19.4 Å². The van der Waals surface area contributed by atoms with Crippen molar-refractivity contribution in [1.29, 1.82) is 0 Å². The van der Waals surface area contributed by atoms with Gasteiger partial charge >= 0.3 is 7.82 Å². The molecule has 0 amide bonds. The van der Waals surface area contributed by atoms with Gasteiger partial charge in [0.1, 0.15) is 17.7 Å². The van der Waals surface area contributed by atoms with Crippen molar-refractivity contribution in [3.63, 3.8) is 0 Å². The molecule has 2 aliphatic rings. The van der Waals surface area contributed by atoms with E-state index in [9.17, 15) is 10.1 Å². The molecule has 0 saturated carbocycles. The highest BCUT2D eigenvalue weighted by Crippen LogP contribution is 2.59. The quantitative estimate of drug-likeness (QED) is 0.321. The number of aromatic nitrogens is 4. The van der Waals surface area contributed by atoms with E-state index < -0.39 is 31.8 Å². The molecule has 4 heterocycles. The second-order valence-electron chi connectivity index (χ2n) is 6.54. The Hall–Kier alpha value is -2.47. The number of nitrogens with zero attached hydrogens (tertiary/aromatic N) is 7. The van der Waals surface area contributed by atoms with Gasteiger partial charge in [0.15, 0.2) is 17.4 Å². The lowest BCUT2D eigenvalue weighted by atomic mass is 9.93. The number of anilines is 1. The van der Waals surface area contributed by atoms with Crippen LogP contribution in [0.15, 0.2) is 11.4 Å². The third kappa shape index (κ3) is 3.10. The Morgan fingerprint density at radius 1 is 1.55 bits per heavy atom. The molecule has 14 nitrogen and oxygen atoms in total. The summed E-state index contributed by atoms with van der Waals surface area (Å²) in [4.78, 5) is 15.5. The molecule has 0 spiro atoms. The average molecular weight is 426 g/mol. The number of hydrogen-bond donors (Lipinski definition) is 1. The first-order valence-electron chi connectivity index (χ1n) is 8.68. The number of phosphoric ester groups is 1. The van der Waals surface area contributed by atoms with E-state index >= 15 is 0 Å². The molecule has 2 aliphatic heterocycles. The second-order valence-corrected chi connectivity index (χ2v) is 8.27. The Kier molecular flexibility index (Phi) is 4.85. The van der Waals surface area contributed by atoms with E-state index in [0.29, 0.717) is 17.8 Å². The Morgan fingerprint density at radius 2 is 2.34 bits per heavy atom. The molecular formula is C14H19N8O6P. The van der Waals surface area contributed by atoms with Crippen molar-refractivity contribution < 1.29 is 27.6 Å². The number of nitrogens with two attached hydrogens (primary N) is 1. The van der Waals surface area contributed by atoms with Gasteiger partial charge in [0.05, 0.1) is 19.5 Å². The summed E-state index contributed by atoms with van der Waals surface area (Å²) in [5.74, 6) is 0.199. The maximum atomic E-state index is 12.5. The van der Waals surface area contributed by atoms with E-state index in [4.69, 9.17) is 28.8 Å². The lowest BCUT2D eigenvalue weighted by Gasteiger charge is -2.34. The molecular weight excluding hydrogens is 407 g/mol. The van der Waals surface area contributed by atoms with E-state index in [2.05, 4.69) is 25.0 Å². The number of nitrogen functional groups attached to an aromatic ring is 1. The van der Waals surface area contributed by atoms with Crippen molar-refractivity contribution in [2.24, 2.45) is 5.11 Å². The number of rotatable bonds is 5. The summed E-state index contributed by atoms with van der Waals surface area (Å²) in [5.41, 5.74) is 14.4. The van der Waals surface area contributed by atoms with E-state index in [1.807, 2.05) is 0 Å². The van der Waals surface area contributed by atoms with Gasteiger partial charge in [0.25, 0.3) is 0 Å². The Bertz CT molecular complexity index is 1040. The minimum Gasteiger partial charge on any atom is -0.476 e. The van der Waals surface area contributed by atoms with Gasteiger partial charge in [-0.2, -0.15) is 9.97 Å². The fourth-order valence-electron chi connectivity index (χ4n) is 3.49. The fourth-order valence-corrected chi connectivity index (χ4v) is 4.70. The van der Waals surface area contributed by atoms with Crippen LogP contribution in [0.1, 0.15) is 20.1 Å². The van der Waals surface area contributed by atoms with Gasteiger partial charge < -0.3 is 15.2 Å². The molecule has 0 aliphatic carbocycles. The number of azide groups is 1. The van der Waals surface area contributed by atoms with Crippen molar-refractivity contribution >= 4 is 24.9 Å². The van der Waals surface area contributed by atoms with Crippen LogP contribution in [0, 0.1) is 0 Å². The molecule has 2 saturated heterocycles. The molecule has 1 unspecified atom stereocenters. The molecule has 156 valence electrons. The highest BCUT2D eigenvalue weighted by molar-refractivity contribution is 7.48. The first kappa shape index (κ1) is 19.8. The third-order valence-corrected chi connectivity index (χ3v) is 6.18. The van der Waals surface area contributed by atoms with Gasteiger partial charge in [0, 0.05) is 12.0 Å². The molecule has 0 aromatic carbocycles. The van der Waals surface area contributed by atoms with Gasteiger partial charge in [-0.15, -0.1) is 0 Å². The zero-order chi connectivity index (χ0) is 20.8. The van der Waals surface area contributed by atoms with Crippen molar-refractivity contribution in [1.82, 2.24) is 19.5 Å². The van der Waals surface area contributed by atoms with E-state index in [-0.39, 0.29) is 18.4 Å². The molecule has 2 aromatic heterocycles. The van der Waals surface area contributed by atoms with Crippen molar-refractivity contribution in [2.75, 3.05) is 26.1 Å². The highest BCUT2D eigenvalue weighted by atomic mass is 31.2. The van der Waals surface area contributed by atoms with Gasteiger partial charge in [0.2, 0.25) is 11.8 Å². The van der Waals surface area contributed by atoms with Crippen molar-refractivity contribution in [3.05, 3.63) is 16.8 Å². The Balaban J connectivity index is 1.82. The monoisotopic (exact) mass is 426 g/mol. The maximum Gasteiger partial charge on any atom is 0.474 e. The summed E-state index contributed by atoms with van der Waals surface area (Å²) in [6, 6.07) is 0. The van der Waals surface area contributed by atoms with Gasteiger partial charge in [-0.3, -0.25) is 18.1 Å². The van der Waals surface area contributed by atoms with E-state index in [0.717, 1.165) is 0 Å². The van der Waals surface area contributed by atoms with Crippen LogP contribution in [0.4, 0.5) is 5.95 Å². The minimum absolute atomic E-state index is 0.0212. The lowest BCUT2D eigenvalue weighted by Crippen LogP contribution is -2.46. The van der Waals surface area contributed by atoms with Crippen molar-refractivity contribution in [2.45, 2.75) is 37.8 Å². The lowest BCUT2D eigenvalue weighted by molar-refractivity contribution is -0.0684. The average Bonchev–Trinajstić information content (AvgIpc) is 3.21. The van der Waals surface area contributed by atoms with E-state index in [1.54, 1.807) is 18.4 Å². The van der Waals surface area contributed by atoms with Crippen LogP contribution in [0.25, 0.3) is 21.6 Å². The summed E-state index contributed by atoms with van der Waals surface area (Å²) in [6.45, 7) is 3.70. The van der Waals surface area contributed by atoms with Crippen LogP contribution in [0.3, 0.4) is 0 Å². The summed E-state index contributed by atoms with van der Waals surface area (Å²) in [6.07, 6.45) is -1.03. The van der Waals surface area contributed by atoms with Crippen LogP contribution >= 0.6 is 7.82 Å². The number of imidazole rings is 1. The zero-order valence-corrected chi connectivity index (χ0v) is 16.7. The molecule has 5 atom stereocenters. The normalized spacial score (nSPS) is 34.0. The number of fused-ring (bicyclic) bond motifs is 2. The maximum absolute atomic E-state index is 12.5. The zero-order valence-electron chi connectivity index (χ0n) is 15.8. The first-order valence-corrected chi connectivity index (χ1v) is 10.1. The smallest absolute Gasteiger partial charge is 0.474 e. The van der Waals surface area contributed by atoms with Crippen LogP contribution in [0.2, 0.25) is 0 Å². The summed E-state index contributed by atoms with van der Waals surface area (Å²) < 4.78 is 41.1. The Labute approximate surface area is 164 Å². The van der Waals surface area contributed by atoms with Crippen LogP contribution < -0.4 is 10.5 Å². The topological polar surface area (TPSA) is 182 Å². The van der Waals surface area contributed by atoms with E-state index in [1.165, 1.54) is 13.4 Å². The largest absolute Gasteiger partial charge is 0.476 e. The predicted octanol–water partition coefficient (Wildman–Crippen LogP) is 1.94. The second kappa shape index (κ2) is 7.10. The van der Waals surface area contributed by atoms with Gasteiger partial charge in [-0.25, -0.2) is 9.55 Å². The molecule has 4 rings (SSSR count). The molecule has 0 bridgehead atoms. The standard InChI is InChI=1S/C14H19N8O6P/c1-4-25-11-8-10(18-13(15)19-11)22(6-17-8)12-14(2,20-21-16)9-7(27-12)5-26-29(23,24-3)28-9/h6-7,9,12H,4-5H2,1-3H3,(H2,15,18,19)/t7-,9-,12-,14-,29?/m1/s1. The predicted molar refractivity (Wildman–Crippen MR) is 97.8 cm³/mol. The number of phosphoric acid groups is 1. The molecule has 2 aromatic rings. The summed E-state index contributed by atoms with van der Waals surface area (Å²) in [7, 11) is -2.59. The van der Waals surface area contributed by atoms with Crippen LogP contribution in [-0.2, 0) is 22.9 Å². The minimum atomic E-state index is -3.80. The van der Waals surface area contributed by atoms with Gasteiger partial charge in [-0.1, -0.05) is 5.11 Å². The summed E-state index contributed by atoms with van der Waals surface area (Å²) in [5, 5.41) is 3.91. The van der Waals surface area contributed by atoms with Crippen LogP contribution in [0.5, 0.6) is 5.88 Å². The SMILES string of the molecule is CCOc1nc(N)nc2c1ncn2[C@@H]1O[C@@H]2COP(=O)(OC)O[C@H]2[C@@]1(C)N=[N+]=[N-]. The first-order chi connectivity index (χ1) is 13.8. The number of hydrogen-bond acceptors (Lipinski definition) is 11. The fraction of sp³-hybridized carbons (Fsp3) is 0.643. The third-order valence-electron chi connectivity index (χ3n) is 4.78. The molecule has 15 heteroatoms. The van der Waals surface area contributed by atoms with Crippen LogP contribution in [-0.4, -0.2) is 57.6 Å². The molecule has 29 heavy (non-hydrogen) atoms. The molecule has 2 N–H and O–H groups in total. The number of ether oxygens (including phenoxy) is 2. The highest BCUT2D eigenvalue weighted by Gasteiger charge is 2.60. The molecule has 0 radical (unpaired) electrons. The molecule has 2 fully saturated rings. The summed E-state index contributed by atoms with van der Waals surface area (Å²) >= 11 is 0. The van der Waals surface area contributed by atoms with Crippen molar-refractivity contribution in [3.8, 4) is 5.88 Å². The Morgan fingerprint density at radius 3 is 3.03 bits per heavy atom.